The highest BCUT2D eigenvalue weighted by Gasteiger charge is 2.26. The Hall–Kier alpha value is -2.46. The molecule has 10 heteroatoms. The summed E-state index contributed by atoms with van der Waals surface area (Å²) in [6.07, 6.45) is 0.447. The van der Waals surface area contributed by atoms with Crippen LogP contribution in [-0.4, -0.2) is 57.4 Å². The van der Waals surface area contributed by atoms with Crippen LogP contribution in [0.4, 0.5) is 5.69 Å². The van der Waals surface area contributed by atoms with E-state index in [-0.39, 0.29) is 11.4 Å². The molecule has 160 valence electrons. The van der Waals surface area contributed by atoms with Gasteiger partial charge in [0.2, 0.25) is 10.0 Å². The minimum Gasteiger partial charge on any atom is -0.379 e. The second kappa shape index (κ2) is 10.0. The lowest BCUT2D eigenvalue weighted by molar-refractivity contribution is -0.136. The predicted octanol–water partition coefficient (Wildman–Crippen LogP) is 1.66. The molecule has 1 heterocycles. The van der Waals surface area contributed by atoms with E-state index in [2.05, 4.69) is 10.6 Å². The van der Waals surface area contributed by atoms with Crippen molar-refractivity contribution in [2.24, 2.45) is 0 Å². The number of benzene rings is 2. The van der Waals surface area contributed by atoms with E-state index in [4.69, 9.17) is 16.3 Å². The Kier molecular flexibility index (Phi) is 7.43. The third kappa shape index (κ3) is 5.57. The molecule has 1 aliphatic heterocycles. The number of anilines is 1. The molecule has 0 bridgehead atoms. The summed E-state index contributed by atoms with van der Waals surface area (Å²) in [4.78, 5) is 24.1. The van der Waals surface area contributed by atoms with E-state index in [1.165, 1.54) is 4.31 Å². The third-order valence-corrected chi connectivity index (χ3v) is 6.80. The molecule has 1 fully saturated rings. The van der Waals surface area contributed by atoms with E-state index in [1.54, 1.807) is 48.5 Å². The molecule has 0 unspecified atom stereocenters. The van der Waals surface area contributed by atoms with Gasteiger partial charge in [-0.05, 0) is 36.2 Å². The first kappa shape index (κ1) is 22.2. The van der Waals surface area contributed by atoms with E-state index < -0.39 is 21.8 Å². The van der Waals surface area contributed by atoms with Crippen molar-refractivity contribution in [3.8, 4) is 0 Å². The van der Waals surface area contributed by atoms with Crippen molar-refractivity contribution in [2.45, 2.75) is 11.3 Å². The summed E-state index contributed by atoms with van der Waals surface area (Å²) in [5.74, 6) is -1.59. The lowest BCUT2D eigenvalue weighted by atomic mass is 10.1. The van der Waals surface area contributed by atoms with Gasteiger partial charge in [-0.25, -0.2) is 8.42 Å². The molecule has 2 aromatic rings. The van der Waals surface area contributed by atoms with Gasteiger partial charge in [-0.3, -0.25) is 9.59 Å². The van der Waals surface area contributed by atoms with Gasteiger partial charge in [-0.2, -0.15) is 4.31 Å². The molecule has 0 radical (unpaired) electrons. The number of nitrogens with zero attached hydrogens (tertiary/aromatic N) is 1. The van der Waals surface area contributed by atoms with Crippen LogP contribution in [0.3, 0.4) is 0 Å². The van der Waals surface area contributed by atoms with Crippen molar-refractivity contribution in [2.75, 3.05) is 38.2 Å². The number of morpholine rings is 1. The fraction of sp³-hybridized carbons (Fsp3) is 0.300. The highest BCUT2D eigenvalue weighted by molar-refractivity contribution is 7.89. The number of halogens is 1. The zero-order valence-corrected chi connectivity index (χ0v) is 17.7. The van der Waals surface area contributed by atoms with E-state index in [9.17, 15) is 18.0 Å². The number of rotatable bonds is 6. The first-order valence-electron chi connectivity index (χ1n) is 9.38. The highest BCUT2D eigenvalue weighted by atomic mass is 35.5. The summed E-state index contributed by atoms with van der Waals surface area (Å²) in [7, 11) is -3.54. The molecule has 1 saturated heterocycles. The van der Waals surface area contributed by atoms with Crippen LogP contribution in [0.1, 0.15) is 5.56 Å². The largest absolute Gasteiger partial charge is 0.379 e. The number of carbonyl (C=O) groups excluding carboxylic acids is 2. The molecule has 2 aromatic carbocycles. The van der Waals surface area contributed by atoms with Crippen molar-refractivity contribution >= 4 is 39.1 Å². The van der Waals surface area contributed by atoms with Crippen LogP contribution in [0.15, 0.2) is 53.4 Å². The summed E-state index contributed by atoms with van der Waals surface area (Å²) >= 11 is 5.95. The maximum absolute atomic E-state index is 12.6. The fourth-order valence-electron chi connectivity index (χ4n) is 2.91. The van der Waals surface area contributed by atoms with Gasteiger partial charge in [-0.15, -0.1) is 0 Å². The minimum absolute atomic E-state index is 0.219. The lowest BCUT2D eigenvalue weighted by Gasteiger charge is -2.26. The number of hydrogen-bond donors (Lipinski definition) is 2. The minimum atomic E-state index is -3.54. The van der Waals surface area contributed by atoms with Gasteiger partial charge < -0.3 is 15.4 Å². The average molecular weight is 452 g/mol. The summed E-state index contributed by atoms with van der Waals surface area (Å²) in [5.41, 5.74) is 1.19. The molecule has 2 amide bonds. The van der Waals surface area contributed by atoms with Crippen molar-refractivity contribution in [1.82, 2.24) is 9.62 Å². The molecular formula is C20H22ClN3O5S. The summed E-state index contributed by atoms with van der Waals surface area (Å²) in [5, 5.41) is 5.32. The highest BCUT2D eigenvalue weighted by Crippen LogP contribution is 2.20. The van der Waals surface area contributed by atoms with Gasteiger partial charge in [0.05, 0.1) is 28.8 Å². The summed E-state index contributed by atoms with van der Waals surface area (Å²) < 4.78 is 31.8. The standard InChI is InChI=1S/C20H22ClN3O5S/c21-17-3-1-2-4-18(17)23-20(26)19(25)22-10-9-15-5-7-16(8-6-15)30(27,28)24-11-13-29-14-12-24/h1-8H,9-14H2,(H,22,25)(H,23,26). The molecule has 0 aliphatic carbocycles. The first-order valence-corrected chi connectivity index (χ1v) is 11.2. The molecule has 0 aromatic heterocycles. The fourth-order valence-corrected chi connectivity index (χ4v) is 4.50. The van der Waals surface area contributed by atoms with Crippen LogP contribution in [0.5, 0.6) is 0 Å². The topological polar surface area (TPSA) is 105 Å². The quantitative estimate of drug-likeness (QED) is 0.650. The lowest BCUT2D eigenvalue weighted by Crippen LogP contribution is -2.40. The van der Waals surface area contributed by atoms with Gasteiger partial charge in [-0.1, -0.05) is 35.9 Å². The molecule has 0 spiro atoms. The smallest absolute Gasteiger partial charge is 0.313 e. The van der Waals surface area contributed by atoms with Crippen molar-refractivity contribution in [3.05, 3.63) is 59.1 Å². The van der Waals surface area contributed by atoms with E-state index in [0.717, 1.165) is 5.56 Å². The van der Waals surface area contributed by atoms with Crippen LogP contribution >= 0.6 is 11.6 Å². The average Bonchev–Trinajstić information content (AvgIpc) is 2.76. The van der Waals surface area contributed by atoms with Crippen LogP contribution in [0.25, 0.3) is 0 Å². The van der Waals surface area contributed by atoms with Gasteiger partial charge in [0.15, 0.2) is 0 Å². The van der Waals surface area contributed by atoms with Crippen LogP contribution in [-0.2, 0) is 30.8 Å². The Bertz CT molecular complexity index is 1010. The predicted molar refractivity (Wildman–Crippen MR) is 113 cm³/mol. The molecule has 0 atom stereocenters. The number of sulfonamides is 1. The van der Waals surface area contributed by atoms with Crippen LogP contribution in [0, 0.1) is 0 Å². The summed E-state index contributed by atoms with van der Waals surface area (Å²) in [6.45, 7) is 1.69. The maximum Gasteiger partial charge on any atom is 0.313 e. The zero-order valence-electron chi connectivity index (χ0n) is 16.1. The number of hydrogen-bond acceptors (Lipinski definition) is 5. The molecule has 1 aliphatic rings. The van der Waals surface area contributed by atoms with Gasteiger partial charge in [0.25, 0.3) is 0 Å². The maximum atomic E-state index is 12.6. The van der Waals surface area contributed by atoms with Crippen molar-refractivity contribution < 1.29 is 22.7 Å². The van der Waals surface area contributed by atoms with E-state index in [0.29, 0.717) is 43.4 Å². The Labute approximate surface area is 180 Å². The third-order valence-electron chi connectivity index (χ3n) is 4.56. The molecule has 0 saturated carbocycles. The number of nitrogens with one attached hydrogen (secondary N) is 2. The number of ether oxygens (including phenoxy) is 1. The Balaban J connectivity index is 1.49. The molecular weight excluding hydrogens is 430 g/mol. The Morgan fingerprint density at radius 3 is 2.33 bits per heavy atom. The molecule has 3 rings (SSSR count). The summed E-state index contributed by atoms with van der Waals surface area (Å²) in [6, 6.07) is 13.1. The Morgan fingerprint density at radius 1 is 1.00 bits per heavy atom. The molecule has 2 N–H and O–H groups in total. The monoisotopic (exact) mass is 451 g/mol. The first-order chi connectivity index (χ1) is 14.4. The van der Waals surface area contributed by atoms with Crippen molar-refractivity contribution in [1.29, 1.82) is 0 Å². The van der Waals surface area contributed by atoms with Crippen molar-refractivity contribution in [3.63, 3.8) is 0 Å². The van der Waals surface area contributed by atoms with Gasteiger partial charge in [0.1, 0.15) is 0 Å². The van der Waals surface area contributed by atoms with E-state index in [1.807, 2.05) is 0 Å². The number of para-hydroxylation sites is 1. The SMILES string of the molecule is O=C(NCCc1ccc(S(=O)(=O)N2CCOCC2)cc1)C(=O)Nc1ccccc1Cl. The number of carbonyl (C=O) groups is 2. The Morgan fingerprint density at radius 2 is 1.67 bits per heavy atom. The zero-order chi connectivity index (χ0) is 21.6. The molecule has 8 nitrogen and oxygen atoms in total. The van der Waals surface area contributed by atoms with Crippen LogP contribution in [0.2, 0.25) is 5.02 Å². The normalized spacial score (nSPS) is 14.8. The second-order valence-corrected chi connectivity index (χ2v) is 8.95. The van der Waals surface area contributed by atoms with Gasteiger partial charge in [0, 0.05) is 19.6 Å². The van der Waals surface area contributed by atoms with E-state index >= 15 is 0 Å². The van der Waals surface area contributed by atoms with Gasteiger partial charge >= 0.3 is 11.8 Å². The van der Waals surface area contributed by atoms with Crippen LogP contribution < -0.4 is 10.6 Å². The second-order valence-electron chi connectivity index (χ2n) is 6.60. The molecule has 30 heavy (non-hydrogen) atoms. The number of amides is 2.